The molecule has 33 heavy (non-hydrogen) atoms. The molecule has 2 atom stereocenters. The minimum Gasteiger partial charge on any atom is -0.445 e. The lowest BCUT2D eigenvalue weighted by molar-refractivity contribution is 0.0205. The van der Waals surface area contributed by atoms with Gasteiger partial charge in [-0.05, 0) is 57.3 Å². The van der Waals surface area contributed by atoms with E-state index in [9.17, 15) is 9.59 Å². The lowest BCUT2D eigenvalue weighted by Gasteiger charge is -2.38. The Morgan fingerprint density at radius 2 is 1.73 bits per heavy atom. The van der Waals surface area contributed by atoms with Crippen LogP contribution >= 0.6 is 0 Å². The van der Waals surface area contributed by atoms with Gasteiger partial charge in [-0.15, -0.1) is 0 Å². The standard InChI is InChI=1S/C25H42N2O5Si/c1-24(2,3)31-23(29)27-17-21(32-33(7,8)25(4,5)6)16-20(27)14-15-26-22(28)30-18-19-12-10-9-11-13-19/h9-13,20-21H,14-18H2,1-8H3,(H,26,28). The van der Waals surface area contributed by atoms with E-state index in [0.29, 0.717) is 19.5 Å². The summed E-state index contributed by atoms with van der Waals surface area (Å²) in [6, 6.07) is 9.49. The summed E-state index contributed by atoms with van der Waals surface area (Å²) in [7, 11) is -1.97. The Bertz CT molecular complexity index is 786. The van der Waals surface area contributed by atoms with E-state index in [4.69, 9.17) is 13.9 Å². The SMILES string of the molecule is CC(C)(C)OC(=O)N1CC(O[Si](C)(C)C(C)(C)C)CC1CCNC(=O)OCc1ccccc1. The maximum atomic E-state index is 12.9. The number of alkyl carbamates (subject to hydrolysis) is 1. The number of ether oxygens (including phenoxy) is 2. The van der Waals surface area contributed by atoms with Gasteiger partial charge >= 0.3 is 12.2 Å². The summed E-state index contributed by atoms with van der Waals surface area (Å²) >= 11 is 0. The molecule has 0 spiro atoms. The van der Waals surface area contributed by atoms with Gasteiger partial charge in [0.05, 0.1) is 6.10 Å². The third kappa shape index (κ3) is 8.66. The Hall–Kier alpha value is -2.06. The number of hydrogen-bond acceptors (Lipinski definition) is 5. The van der Waals surface area contributed by atoms with Gasteiger partial charge in [-0.3, -0.25) is 0 Å². The molecule has 2 rings (SSSR count). The predicted octanol–water partition coefficient (Wildman–Crippen LogP) is 5.70. The van der Waals surface area contributed by atoms with Crippen molar-refractivity contribution in [2.24, 2.45) is 0 Å². The van der Waals surface area contributed by atoms with Crippen LogP contribution in [0, 0.1) is 0 Å². The van der Waals surface area contributed by atoms with E-state index >= 15 is 0 Å². The van der Waals surface area contributed by atoms with Crippen molar-refractivity contribution in [1.82, 2.24) is 10.2 Å². The number of carbonyl (C=O) groups is 2. The van der Waals surface area contributed by atoms with Crippen molar-refractivity contribution in [2.75, 3.05) is 13.1 Å². The van der Waals surface area contributed by atoms with Gasteiger partial charge in [-0.25, -0.2) is 9.59 Å². The molecule has 0 saturated carbocycles. The van der Waals surface area contributed by atoms with Gasteiger partial charge < -0.3 is 24.1 Å². The Morgan fingerprint density at radius 1 is 1.09 bits per heavy atom. The molecule has 1 heterocycles. The number of benzene rings is 1. The zero-order chi connectivity index (χ0) is 24.9. The predicted molar refractivity (Wildman–Crippen MR) is 133 cm³/mol. The molecular weight excluding hydrogens is 436 g/mol. The molecule has 2 amide bonds. The van der Waals surface area contributed by atoms with E-state index in [1.54, 1.807) is 4.90 Å². The van der Waals surface area contributed by atoms with Gasteiger partial charge in [0, 0.05) is 19.1 Å². The Kier molecular flexibility index (Phi) is 8.99. The zero-order valence-electron chi connectivity index (χ0n) is 21.6. The number of nitrogens with one attached hydrogen (secondary N) is 1. The first kappa shape index (κ1) is 27.2. The summed E-state index contributed by atoms with van der Waals surface area (Å²) in [6.45, 7) is 17.8. The molecule has 0 radical (unpaired) electrons. The second kappa shape index (κ2) is 10.9. The van der Waals surface area contributed by atoms with Crippen molar-refractivity contribution in [3.63, 3.8) is 0 Å². The van der Waals surface area contributed by atoms with Crippen LogP contribution in [0.4, 0.5) is 9.59 Å². The molecule has 1 aromatic rings. The molecule has 0 aliphatic carbocycles. The zero-order valence-corrected chi connectivity index (χ0v) is 22.6. The van der Waals surface area contributed by atoms with Crippen LogP contribution < -0.4 is 5.32 Å². The quantitative estimate of drug-likeness (QED) is 0.509. The highest BCUT2D eigenvalue weighted by Gasteiger charge is 2.44. The van der Waals surface area contributed by atoms with Crippen molar-refractivity contribution in [2.45, 2.75) is 96.9 Å². The summed E-state index contributed by atoms with van der Waals surface area (Å²) in [5, 5.41) is 2.89. The largest absolute Gasteiger partial charge is 0.445 e. The Labute approximate surface area is 200 Å². The average Bonchev–Trinajstić information content (AvgIpc) is 3.07. The van der Waals surface area contributed by atoms with Crippen LogP contribution in [-0.4, -0.2) is 56.2 Å². The minimum absolute atomic E-state index is 0.0338. The topological polar surface area (TPSA) is 77.1 Å². The molecule has 0 aromatic heterocycles. The van der Waals surface area contributed by atoms with Gasteiger partial charge in [0.15, 0.2) is 8.32 Å². The number of nitrogens with zero attached hydrogens (tertiary/aromatic N) is 1. The maximum absolute atomic E-state index is 12.9. The van der Waals surface area contributed by atoms with Crippen molar-refractivity contribution >= 4 is 20.5 Å². The van der Waals surface area contributed by atoms with Crippen LogP contribution in [0.15, 0.2) is 30.3 Å². The Morgan fingerprint density at radius 3 is 2.30 bits per heavy atom. The van der Waals surface area contributed by atoms with E-state index in [1.807, 2.05) is 51.1 Å². The Balaban J connectivity index is 1.94. The summed E-state index contributed by atoms with van der Waals surface area (Å²) in [5.41, 5.74) is 0.365. The second-order valence-corrected chi connectivity index (χ2v) is 16.1. The van der Waals surface area contributed by atoms with Crippen LogP contribution in [-0.2, 0) is 20.5 Å². The molecule has 1 aromatic carbocycles. The van der Waals surface area contributed by atoms with Crippen LogP contribution in [0.5, 0.6) is 0 Å². The molecule has 0 bridgehead atoms. The molecule has 1 aliphatic rings. The van der Waals surface area contributed by atoms with Crippen molar-refractivity contribution in [3.8, 4) is 0 Å². The normalized spacial score (nSPS) is 19.3. The third-order valence-corrected chi connectivity index (χ3v) is 10.8. The van der Waals surface area contributed by atoms with E-state index in [2.05, 4.69) is 39.2 Å². The third-order valence-electron chi connectivity index (χ3n) is 6.23. The van der Waals surface area contributed by atoms with E-state index < -0.39 is 20.0 Å². The van der Waals surface area contributed by atoms with E-state index in [-0.39, 0.29) is 29.9 Å². The summed E-state index contributed by atoms with van der Waals surface area (Å²) in [4.78, 5) is 26.7. The van der Waals surface area contributed by atoms with Gasteiger partial charge in [0.25, 0.3) is 0 Å². The van der Waals surface area contributed by atoms with Crippen LogP contribution in [0.2, 0.25) is 18.1 Å². The number of likely N-dealkylation sites (tertiary alicyclic amines) is 1. The first-order valence-electron chi connectivity index (χ1n) is 11.8. The van der Waals surface area contributed by atoms with E-state index in [0.717, 1.165) is 12.0 Å². The number of carbonyl (C=O) groups excluding carboxylic acids is 2. The summed E-state index contributed by atoms with van der Waals surface area (Å²) in [6.07, 6.45) is 0.507. The smallest absolute Gasteiger partial charge is 0.410 e. The van der Waals surface area contributed by atoms with Crippen molar-refractivity contribution in [1.29, 1.82) is 0 Å². The number of hydrogen-bond donors (Lipinski definition) is 1. The van der Waals surface area contributed by atoms with Crippen LogP contribution in [0.3, 0.4) is 0 Å². The first-order chi connectivity index (χ1) is 15.2. The molecule has 1 fully saturated rings. The van der Waals surface area contributed by atoms with Crippen molar-refractivity contribution in [3.05, 3.63) is 35.9 Å². The molecule has 1 saturated heterocycles. The van der Waals surface area contributed by atoms with Gasteiger partial charge in [-0.2, -0.15) is 0 Å². The molecule has 1 aliphatic heterocycles. The fourth-order valence-electron chi connectivity index (χ4n) is 3.49. The highest BCUT2D eigenvalue weighted by Crippen LogP contribution is 2.39. The lowest BCUT2D eigenvalue weighted by atomic mass is 10.1. The monoisotopic (exact) mass is 478 g/mol. The summed E-state index contributed by atoms with van der Waals surface area (Å²) < 4.78 is 17.5. The van der Waals surface area contributed by atoms with Crippen LogP contribution in [0.25, 0.3) is 0 Å². The van der Waals surface area contributed by atoms with Gasteiger partial charge in [0.1, 0.15) is 12.2 Å². The average molecular weight is 479 g/mol. The molecule has 1 N–H and O–H groups in total. The minimum atomic E-state index is -1.97. The lowest BCUT2D eigenvalue weighted by Crippen LogP contribution is -2.45. The highest BCUT2D eigenvalue weighted by atomic mass is 28.4. The molecule has 2 unspecified atom stereocenters. The molecular formula is C25H42N2O5Si. The van der Waals surface area contributed by atoms with Crippen LogP contribution in [0.1, 0.15) is 59.9 Å². The first-order valence-corrected chi connectivity index (χ1v) is 14.7. The van der Waals surface area contributed by atoms with Crippen molar-refractivity contribution < 1.29 is 23.5 Å². The fraction of sp³-hybridized carbons (Fsp3) is 0.680. The highest BCUT2D eigenvalue weighted by molar-refractivity contribution is 6.74. The summed E-state index contributed by atoms with van der Waals surface area (Å²) in [5.74, 6) is 0. The maximum Gasteiger partial charge on any atom is 0.410 e. The van der Waals surface area contributed by atoms with Gasteiger partial charge in [0.2, 0.25) is 0 Å². The number of amides is 2. The second-order valence-electron chi connectivity index (χ2n) is 11.3. The molecule has 8 heteroatoms. The molecule has 186 valence electrons. The van der Waals surface area contributed by atoms with E-state index in [1.165, 1.54) is 0 Å². The fourth-order valence-corrected chi connectivity index (χ4v) is 4.84. The molecule has 7 nitrogen and oxygen atoms in total. The van der Waals surface area contributed by atoms with Gasteiger partial charge in [-0.1, -0.05) is 51.1 Å². The number of rotatable bonds is 7.